The van der Waals surface area contributed by atoms with Crippen LogP contribution in [0.4, 0.5) is 10.7 Å². The molecule has 1 N–H and O–H groups in total. The summed E-state index contributed by atoms with van der Waals surface area (Å²) < 4.78 is 5.39. The summed E-state index contributed by atoms with van der Waals surface area (Å²) in [5.41, 5.74) is -0.507. The first-order chi connectivity index (χ1) is 10.4. The van der Waals surface area contributed by atoms with Crippen LogP contribution in [0.1, 0.15) is 39.4 Å². The number of nitrogens with one attached hydrogen (secondary N) is 1. The number of carbonyl (C=O) groups excluding carboxylic acids is 1. The van der Waals surface area contributed by atoms with Crippen LogP contribution in [0.15, 0.2) is 6.33 Å². The maximum Gasteiger partial charge on any atom is 0.410 e. The highest BCUT2D eigenvalue weighted by molar-refractivity contribution is 5.68. The Bertz CT molecular complexity index is 577. The molecule has 0 saturated carbocycles. The summed E-state index contributed by atoms with van der Waals surface area (Å²) in [4.78, 5) is 25.5. The van der Waals surface area contributed by atoms with Crippen LogP contribution in [-0.4, -0.2) is 50.7 Å². The van der Waals surface area contributed by atoms with E-state index < -0.39 is 5.60 Å². The smallest absolute Gasteiger partial charge is 0.410 e. The van der Waals surface area contributed by atoms with Gasteiger partial charge in [-0.05, 0) is 33.6 Å². The average Bonchev–Trinajstić information content (AvgIpc) is 2.46. The lowest BCUT2D eigenvalue weighted by Gasteiger charge is -2.34. The van der Waals surface area contributed by atoms with Gasteiger partial charge in [-0.2, -0.15) is 10.2 Å². The van der Waals surface area contributed by atoms with E-state index in [1.165, 1.54) is 6.33 Å². The molecule has 2 heterocycles. The topological polar surface area (TPSA) is 104 Å². The van der Waals surface area contributed by atoms with E-state index >= 15 is 0 Å². The van der Waals surface area contributed by atoms with E-state index in [4.69, 9.17) is 10.00 Å². The molecule has 0 bridgehead atoms. The second-order valence-corrected chi connectivity index (χ2v) is 6.15. The van der Waals surface area contributed by atoms with Crippen molar-refractivity contribution >= 4 is 12.0 Å². The molecule has 118 valence electrons. The van der Waals surface area contributed by atoms with E-state index in [0.29, 0.717) is 19.0 Å². The predicted octanol–water partition coefficient (Wildman–Crippen LogP) is 1.55. The zero-order valence-electron chi connectivity index (χ0n) is 13.0. The number of amides is 1. The lowest BCUT2D eigenvalue weighted by atomic mass is 10.1. The van der Waals surface area contributed by atoms with Crippen molar-refractivity contribution in [3.63, 3.8) is 0 Å². The van der Waals surface area contributed by atoms with E-state index in [2.05, 4.69) is 20.3 Å². The maximum absolute atomic E-state index is 12.1. The number of piperidine rings is 1. The van der Waals surface area contributed by atoms with E-state index in [-0.39, 0.29) is 18.0 Å². The summed E-state index contributed by atoms with van der Waals surface area (Å²) in [7, 11) is 0. The third-order valence-corrected chi connectivity index (χ3v) is 3.08. The van der Waals surface area contributed by atoms with Crippen molar-refractivity contribution < 1.29 is 9.53 Å². The Balaban J connectivity index is 1.96. The molecule has 1 aromatic rings. The molecule has 1 aliphatic heterocycles. The van der Waals surface area contributed by atoms with E-state index in [1.54, 1.807) is 4.90 Å². The Kier molecular flexibility index (Phi) is 4.75. The average molecular weight is 304 g/mol. The molecule has 8 heteroatoms. The van der Waals surface area contributed by atoms with Gasteiger partial charge >= 0.3 is 6.09 Å². The molecule has 22 heavy (non-hydrogen) atoms. The highest BCUT2D eigenvalue weighted by Crippen LogP contribution is 2.17. The SMILES string of the molecule is CC(C)(C)OC(=O)N1CCC[C@@H](Nc2ncnc(C#N)n2)C1. The fraction of sp³-hybridized carbons (Fsp3) is 0.643. The minimum Gasteiger partial charge on any atom is -0.444 e. The van der Waals surface area contributed by atoms with Gasteiger partial charge in [0.05, 0.1) is 0 Å². The van der Waals surface area contributed by atoms with Crippen LogP contribution in [0.5, 0.6) is 0 Å². The fourth-order valence-electron chi connectivity index (χ4n) is 2.19. The molecule has 0 radical (unpaired) electrons. The van der Waals surface area contributed by atoms with Gasteiger partial charge in [0.1, 0.15) is 18.0 Å². The normalized spacial score (nSPS) is 18.5. The first-order valence-electron chi connectivity index (χ1n) is 7.21. The number of ether oxygens (including phenoxy) is 1. The largest absolute Gasteiger partial charge is 0.444 e. The minimum atomic E-state index is -0.507. The van der Waals surface area contributed by atoms with Gasteiger partial charge in [0, 0.05) is 19.1 Å². The van der Waals surface area contributed by atoms with Gasteiger partial charge in [0.2, 0.25) is 11.8 Å². The molecule has 8 nitrogen and oxygen atoms in total. The summed E-state index contributed by atoms with van der Waals surface area (Å²) in [6.07, 6.45) is 2.75. The first-order valence-corrected chi connectivity index (χ1v) is 7.21. The summed E-state index contributed by atoms with van der Waals surface area (Å²) >= 11 is 0. The van der Waals surface area contributed by atoms with Crippen LogP contribution in [0, 0.1) is 11.3 Å². The number of likely N-dealkylation sites (tertiary alicyclic amines) is 1. The monoisotopic (exact) mass is 304 g/mol. The Labute approximate surface area is 129 Å². The highest BCUT2D eigenvalue weighted by Gasteiger charge is 2.27. The van der Waals surface area contributed by atoms with Crippen molar-refractivity contribution in [1.29, 1.82) is 5.26 Å². The van der Waals surface area contributed by atoms with Gasteiger partial charge in [-0.1, -0.05) is 0 Å². The number of hydrogen-bond donors (Lipinski definition) is 1. The molecule has 0 aliphatic carbocycles. The van der Waals surface area contributed by atoms with Gasteiger partial charge in [-0.25, -0.2) is 14.8 Å². The van der Waals surface area contributed by atoms with Crippen LogP contribution >= 0.6 is 0 Å². The number of aromatic nitrogens is 3. The van der Waals surface area contributed by atoms with Crippen molar-refractivity contribution in [2.24, 2.45) is 0 Å². The summed E-state index contributed by atoms with van der Waals surface area (Å²) in [5, 5.41) is 11.9. The molecule has 0 unspecified atom stereocenters. The van der Waals surface area contributed by atoms with Crippen molar-refractivity contribution in [1.82, 2.24) is 19.9 Å². The third-order valence-electron chi connectivity index (χ3n) is 3.08. The molecule has 0 aromatic carbocycles. The Morgan fingerprint density at radius 3 is 2.95 bits per heavy atom. The summed E-state index contributed by atoms with van der Waals surface area (Å²) in [6.45, 7) is 6.73. The number of rotatable bonds is 2. The van der Waals surface area contributed by atoms with Gasteiger partial charge < -0.3 is 15.0 Å². The lowest BCUT2D eigenvalue weighted by Crippen LogP contribution is -2.47. The van der Waals surface area contributed by atoms with Gasteiger partial charge in [-0.15, -0.1) is 0 Å². The zero-order chi connectivity index (χ0) is 16.2. The molecule has 1 atom stereocenters. The number of hydrogen-bond acceptors (Lipinski definition) is 7. The summed E-state index contributed by atoms with van der Waals surface area (Å²) in [5.74, 6) is 0.417. The van der Waals surface area contributed by atoms with Crippen LogP contribution in [0.2, 0.25) is 0 Å². The molecule has 1 saturated heterocycles. The predicted molar refractivity (Wildman–Crippen MR) is 79.0 cm³/mol. The second kappa shape index (κ2) is 6.56. The molecule has 1 aromatic heterocycles. The number of nitrogens with zero attached hydrogens (tertiary/aromatic N) is 5. The maximum atomic E-state index is 12.1. The van der Waals surface area contributed by atoms with Crippen molar-refractivity contribution in [2.75, 3.05) is 18.4 Å². The third kappa shape index (κ3) is 4.55. The Morgan fingerprint density at radius 1 is 1.50 bits per heavy atom. The minimum absolute atomic E-state index is 0.0233. The molecule has 2 rings (SSSR count). The number of anilines is 1. The van der Waals surface area contributed by atoms with E-state index in [1.807, 2.05) is 26.8 Å². The van der Waals surface area contributed by atoms with Gasteiger partial charge in [-0.3, -0.25) is 0 Å². The summed E-state index contributed by atoms with van der Waals surface area (Å²) in [6, 6.07) is 1.89. The molecule has 1 amide bonds. The lowest BCUT2D eigenvalue weighted by molar-refractivity contribution is 0.0206. The van der Waals surface area contributed by atoms with Crippen LogP contribution in [-0.2, 0) is 4.74 Å². The van der Waals surface area contributed by atoms with Crippen LogP contribution < -0.4 is 5.32 Å². The van der Waals surface area contributed by atoms with Gasteiger partial charge in [0.15, 0.2) is 0 Å². The molecule has 0 spiro atoms. The highest BCUT2D eigenvalue weighted by atomic mass is 16.6. The van der Waals surface area contributed by atoms with Crippen molar-refractivity contribution in [3.8, 4) is 6.07 Å². The first kappa shape index (κ1) is 15.9. The molecular weight excluding hydrogens is 284 g/mol. The standard InChI is InChI=1S/C14H20N6O2/c1-14(2,3)22-13(21)20-6-4-5-10(8-20)18-12-17-9-16-11(7-15)19-12/h9-10H,4-6,8H2,1-3H3,(H,16,17,18,19)/t10-/m1/s1. The van der Waals surface area contributed by atoms with Crippen LogP contribution in [0.25, 0.3) is 0 Å². The molecule has 1 aliphatic rings. The number of nitriles is 1. The van der Waals surface area contributed by atoms with Crippen molar-refractivity contribution in [2.45, 2.75) is 45.3 Å². The number of carbonyl (C=O) groups is 1. The molecular formula is C14H20N6O2. The van der Waals surface area contributed by atoms with E-state index in [0.717, 1.165) is 12.8 Å². The fourth-order valence-corrected chi connectivity index (χ4v) is 2.19. The Hall–Kier alpha value is -2.43. The van der Waals surface area contributed by atoms with Crippen molar-refractivity contribution in [3.05, 3.63) is 12.2 Å². The quantitative estimate of drug-likeness (QED) is 0.884. The second-order valence-electron chi connectivity index (χ2n) is 6.15. The van der Waals surface area contributed by atoms with Gasteiger partial charge in [0.25, 0.3) is 0 Å². The van der Waals surface area contributed by atoms with Crippen LogP contribution in [0.3, 0.4) is 0 Å². The zero-order valence-corrected chi connectivity index (χ0v) is 13.0. The molecule has 1 fully saturated rings. The van der Waals surface area contributed by atoms with E-state index in [9.17, 15) is 4.79 Å². The Morgan fingerprint density at radius 2 is 2.27 bits per heavy atom.